The topological polar surface area (TPSA) is 24.5 Å². The highest BCUT2D eigenvalue weighted by molar-refractivity contribution is 9.10. The first kappa shape index (κ1) is 16.3. The molecule has 0 radical (unpaired) electrons. The number of ether oxygens (including phenoxy) is 1. The van der Waals surface area contributed by atoms with Crippen LogP contribution in [0.2, 0.25) is 0 Å². The van der Waals surface area contributed by atoms with Crippen molar-refractivity contribution in [2.24, 2.45) is 0 Å². The van der Waals surface area contributed by atoms with E-state index in [-0.39, 0.29) is 11.8 Å². The van der Waals surface area contributed by atoms with E-state index in [0.29, 0.717) is 10.0 Å². The number of hydrogen-bond acceptors (Lipinski definition) is 3. The molecule has 1 N–H and O–H groups in total. The van der Waals surface area contributed by atoms with Crippen molar-refractivity contribution < 1.29 is 17.9 Å². The zero-order valence-corrected chi connectivity index (χ0v) is 12.9. The highest BCUT2D eigenvalue weighted by Crippen LogP contribution is 2.35. The average Bonchev–Trinajstić information content (AvgIpc) is 2.42. The summed E-state index contributed by atoms with van der Waals surface area (Å²) in [7, 11) is 0. The van der Waals surface area contributed by atoms with Gasteiger partial charge < -0.3 is 10.1 Å². The fourth-order valence-corrected chi connectivity index (χ4v) is 2.78. The molecule has 3 nitrogen and oxygen atoms in total. The molecule has 0 aromatic heterocycles. The van der Waals surface area contributed by atoms with E-state index in [0.717, 1.165) is 26.2 Å². The van der Waals surface area contributed by atoms with Gasteiger partial charge in [-0.2, -0.15) is 0 Å². The first-order chi connectivity index (χ1) is 9.90. The molecule has 1 saturated heterocycles. The molecule has 2 rings (SSSR count). The molecule has 1 atom stereocenters. The minimum Gasteiger partial charge on any atom is -0.405 e. The van der Waals surface area contributed by atoms with Gasteiger partial charge >= 0.3 is 6.36 Å². The second-order valence-corrected chi connectivity index (χ2v) is 5.61. The zero-order chi connectivity index (χ0) is 15.5. The van der Waals surface area contributed by atoms with Gasteiger partial charge in [0.2, 0.25) is 0 Å². The predicted octanol–water partition coefficient (Wildman–Crippen LogP) is 3.48. The SMILES string of the molecule is C=C[C@@H](c1cc(Br)ccc1OC(F)(F)F)N1CCNCC1. The Morgan fingerprint density at radius 1 is 1.33 bits per heavy atom. The van der Waals surface area contributed by atoms with Crippen LogP contribution in [-0.2, 0) is 0 Å². The Morgan fingerprint density at radius 2 is 2.00 bits per heavy atom. The first-order valence-electron chi connectivity index (χ1n) is 6.53. The van der Waals surface area contributed by atoms with Crippen molar-refractivity contribution in [3.8, 4) is 5.75 Å². The van der Waals surface area contributed by atoms with Crippen LogP contribution < -0.4 is 10.1 Å². The molecule has 1 aromatic rings. The summed E-state index contributed by atoms with van der Waals surface area (Å²) in [5.41, 5.74) is 0.457. The van der Waals surface area contributed by atoms with Gasteiger partial charge in [-0.25, -0.2) is 0 Å². The van der Waals surface area contributed by atoms with Crippen molar-refractivity contribution in [2.45, 2.75) is 12.4 Å². The molecule has 7 heteroatoms. The number of benzene rings is 1. The van der Waals surface area contributed by atoms with Gasteiger partial charge in [-0.05, 0) is 18.2 Å². The second-order valence-electron chi connectivity index (χ2n) is 4.70. The van der Waals surface area contributed by atoms with E-state index in [2.05, 4.69) is 37.5 Å². The monoisotopic (exact) mass is 364 g/mol. The molecule has 0 saturated carbocycles. The van der Waals surface area contributed by atoms with Crippen LogP contribution in [0.4, 0.5) is 13.2 Å². The Kier molecular flexibility index (Phi) is 5.29. The number of halogens is 4. The molecular formula is C14H16BrF3N2O. The number of alkyl halides is 3. The van der Waals surface area contributed by atoms with Crippen LogP contribution in [0.1, 0.15) is 11.6 Å². The molecule has 0 aliphatic carbocycles. The average molecular weight is 365 g/mol. The molecule has 0 spiro atoms. The van der Waals surface area contributed by atoms with Crippen LogP contribution in [0.3, 0.4) is 0 Å². The molecule has 1 aliphatic rings. The summed E-state index contributed by atoms with van der Waals surface area (Å²) in [4.78, 5) is 2.08. The van der Waals surface area contributed by atoms with E-state index in [1.54, 1.807) is 12.1 Å². The van der Waals surface area contributed by atoms with Gasteiger partial charge in [0.15, 0.2) is 0 Å². The van der Waals surface area contributed by atoms with Crippen LogP contribution in [0.25, 0.3) is 0 Å². The minimum atomic E-state index is -4.71. The van der Waals surface area contributed by atoms with E-state index in [4.69, 9.17) is 0 Å². The quantitative estimate of drug-likeness (QED) is 0.827. The highest BCUT2D eigenvalue weighted by Gasteiger charge is 2.33. The van der Waals surface area contributed by atoms with Gasteiger partial charge in [-0.3, -0.25) is 4.90 Å². The van der Waals surface area contributed by atoms with Crippen molar-refractivity contribution in [3.63, 3.8) is 0 Å². The Labute approximate surface area is 129 Å². The van der Waals surface area contributed by atoms with Crippen LogP contribution in [0.15, 0.2) is 35.3 Å². The van der Waals surface area contributed by atoms with E-state index in [9.17, 15) is 13.2 Å². The lowest BCUT2D eigenvalue weighted by Crippen LogP contribution is -2.44. The lowest BCUT2D eigenvalue weighted by molar-refractivity contribution is -0.275. The summed E-state index contributed by atoms with van der Waals surface area (Å²) in [5.74, 6) is -0.186. The normalized spacial score (nSPS) is 18.3. The van der Waals surface area contributed by atoms with E-state index < -0.39 is 6.36 Å². The van der Waals surface area contributed by atoms with E-state index in [1.165, 1.54) is 12.1 Å². The molecule has 1 aliphatic heterocycles. The highest BCUT2D eigenvalue weighted by atomic mass is 79.9. The molecule has 1 heterocycles. The van der Waals surface area contributed by atoms with Crippen LogP contribution in [0, 0.1) is 0 Å². The van der Waals surface area contributed by atoms with Crippen LogP contribution >= 0.6 is 15.9 Å². The van der Waals surface area contributed by atoms with Gasteiger partial charge in [0.25, 0.3) is 0 Å². The summed E-state index contributed by atoms with van der Waals surface area (Å²) in [6.07, 6.45) is -3.06. The molecule has 0 unspecified atom stereocenters. The molecule has 0 amide bonds. The Balaban J connectivity index is 2.34. The maximum Gasteiger partial charge on any atom is 0.573 e. The molecule has 1 fully saturated rings. The number of hydrogen-bond donors (Lipinski definition) is 1. The van der Waals surface area contributed by atoms with Crippen LogP contribution in [0.5, 0.6) is 5.75 Å². The minimum absolute atomic E-state index is 0.186. The lowest BCUT2D eigenvalue weighted by atomic mass is 10.0. The van der Waals surface area contributed by atoms with Gasteiger partial charge in [0.05, 0.1) is 6.04 Å². The summed E-state index contributed by atoms with van der Waals surface area (Å²) in [6.45, 7) is 6.85. The third-order valence-corrected chi connectivity index (χ3v) is 3.78. The number of nitrogens with one attached hydrogen (secondary N) is 1. The Bertz CT molecular complexity index is 501. The van der Waals surface area contributed by atoms with Gasteiger partial charge in [0, 0.05) is 36.2 Å². The van der Waals surface area contributed by atoms with E-state index in [1.807, 2.05) is 0 Å². The van der Waals surface area contributed by atoms with Crippen molar-refractivity contribution in [1.82, 2.24) is 10.2 Å². The largest absolute Gasteiger partial charge is 0.573 e. The fourth-order valence-electron chi connectivity index (χ4n) is 2.40. The number of rotatable bonds is 4. The van der Waals surface area contributed by atoms with Crippen molar-refractivity contribution >= 4 is 15.9 Å². The summed E-state index contributed by atoms with van der Waals surface area (Å²) in [5, 5.41) is 3.21. The smallest absolute Gasteiger partial charge is 0.405 e. The maximum atomic E-state index is 12.5. The third kappa shape index (κ3) is 4.46. The predicted molar refractivity (Wildman–Crippen MR) is 78.2 cm³/mol. The Morgan fingerprint density at radius 3 is 2.57 bits per heavy atom. The molecule has 0 bridgehead atoms. The van der Waals surface area contributed by atoms with Crippen molar-refractivity contribution in [2.75, 3.05) is 26.2 Å². The van der Waals surface area contributed by atoms with Crippen molar-refractivity contribution in [3.05, 3.63) is 40.9 Å². The maximum absolute atomic E-state index is 12.5. The number of piperazine rings is 1. The van der Waals surface area contributed by atoms with Crippen LogP contribution in [-0.4, -0.2) is 37.4 Å². The molecular weight excluding hydrogens is 349 g/mol. The molecule has 1 aromatic carbocycles. The standard InChI is InChI=1S/C14H16BrF3N2O/c1-2-12(20-7-5-19-6-8-20)11-9-10(15)3-4-13(11)21-14(16,17)18/h2-4,9,12,19H,1,5-8H2/t12-/m0/s1. The lowest BCUT2D eigenvalue weighted by Gasteiger charge is -2.34. The summed E-state index contributed by atoms with van der Waals surface area (Å²) >= 11 is 3.30. The molecule has 21 heavy (non-hydrogen) atoms. The van der Waals surface area contributed by atoms with E-state index >= 15 is 0 Å². The summed E-state index contributed by atoms with van der Waals surface area (Å²) in [6, 6.07) is 4.19. The second kappa shape index (κ2) is 6.81. The Hall–Kier alpha value is -1.05. The van der Waals surface area contributed by atoms with Gasteiger partial charge in [0.1, 0.15) is 5.75 Å². The first-order valence-corrected chi connectivity index (χ1v) is 7.32. The van der Waals surface area contributed by atoms with Gasteiger partial charge in [-0.15, -0.1) is 19.8 Å². The fraction of sp³-hybridized carbons (Fsp3) is 0.429. The summed E-state index contributed by atoms with van der Waals surface area (Å²) < 4.78 is 42.5. The zero-order valence-electron chi connectivity index (χ0n) is 11.3. The molecule has 116 valence electrons. The number of nitrogens with zero attached hydrogens (tertiary/aromatic N) is 1. The van der Waals surface area contributed by atoms with Gasteiger partial charge in [-0.1, -0.05) is 22.0 Å². The third-order valence-electron chi connectivity index (χ3n) is 3.28. The van der Waals surface area contributed by atoms with Crippen molar-refractivity contribution in [1.29, 1.82) is 0 Å².